The molecule has 0 bridgehead atoms. The Morgan fingerprint density at radius 1 is 1.68 bits per heavy atom. The van der Waals surface area contributed by atoms with E-state index in [1.165, 1.54) is 4.90 Å². The average Bonchev–Trinajstić information content (AvgIpc) is 2.40. The number of nitrogens with zero attached hydrogens (tertiary/aromatic N) is 3. The first-order valence-electron chi connectivity index (χ1n) is 5.96. The number of carbonyl (C=O) groups is 1. The number of anilines is 1. The van der Waals surface area contributed by atoms with Gasteiger partial charge in [0, 0.05) is 25.8 Å². The molecule has 1 atom stereocenters. The lowest BCUT2D eigenvalue weighted by atomic mass is 9.98. The Labute approximate surface area is 124 Å². The van der Waals surface area contributed by atoms with Crippen molar-refractivity contribution in [3.05, 3.63) is 16.0 Å². The van der Waals surface area contributed by atoms with Crippen LogP contribution in [0, 0.1) is 5.92 Å². The van der Waals surface area contributed by atoms with E-state index in [4.69, 9.17) is 16.7 Å². The topological polar surface area (TPSA) is 78.4 Å². The smallest absolute Gasteiger partial charge is 0.407 e. The number of rotatable bonds is 3. The molecule has 0 spiro atoms. The molecule has 1 saturated heterocycles. The van der Waals surface area contributed by atoms with E-state index in [9.17, 15) is 4.79 Å². The highest BCUT2D eigenvalue weighted by Crippen LogP contribution is 2.22. The highest BCUT2D eigenvalue weighted by Gasteiger charge is 2.23. The molecular weight excluding hydrogens is 336 g/mol. The summed E-state index contributed by atoms with van der Waals surface area (Å²) in [4.78, 5) is 20.3. The van der Waals surface area contributed by atoms with Crippen LogP contribution >= 0.6 is 27.5 Å². The Morgan fingerprint density at radius 3 is 3.21 bits per heavy atom. The molecule has 2 N–H and O–H groups in total. The first-order chi connectivity index (χ1) is 9.06. The third kappa shape index (κ3) is 3.94. The number of likely N-dealkylation sites (tertiary alicyclic amines) is 1. The second-order valence-electron chi connectivity index (χ2n) is 4.45. The molecule has 2 rings (SSSR count). The number of piperidine rings is 1. The summed E-state index contributed by atoms with van der Waals surface area (Å²) in [6, 6.07) is 0. The van der Waals surface area contributed by atoms with Crippen LogP contribution in [0.1, 0.15) is 12.8 Å². The third-order valence-electron chi connectivity index (χ3n) is 3.06. The molecule has 0 saturated carbocycles. The van der Waals surface area contributed by atoms with Gasteiger partial charge in [-0.25, -0.2) is 9.78 Å². The molecule has 1 aromatic rings. The van der Waals surface area contributed by atoms with Gasteiger partial charge < -0.3 is 15.3 Å². The molecule has 2 heterocycles. The van der Waals surface area contributed by atoms with Crippen LogP contribution in [-0.2, 0) is 0 Å². The van der Waals surface area contributed by atoms with Gasteiger partial charge in [0.25, 0.3) is 0 Å². The van der Waals surface area contributed by atoms with Crippen LogP contribution in [0.3, 0.4) is 0 Å². The zero-order valence-corrected chi connectivity index (χ0v) is 12.5. The van der Waals surface area contributed by atoms with Crippen LogP contribution in [-0.4, -0.2) is 45.7 Å². The van der Waals surface area contributed by atoms with Crippen molar-refractivity contribution < 1.29 is 9.90 Å². The maximum atomic E-state index is 10.9. The summed E-state index contributed by atoms with van der Waals surface area (Å²) in [7, 11) is 0. The summed E-state index contributed by atoms with van der Waals surface area (Å²) < 4.78 is 0.739. The minimum atomic E-state index is -0.851. The highest BCUT2D eigenvalue weighted by atomic mass is 79.9. The van der Waals surface area contributed by atoms with E-state index < -0.39 is 6.09 Å². The lowest BCUT2D eigenvalue weighted by Gasteiger charge is -2.30. The zero-order valence-electron chi connectivity index (χ0n) is 10.1. The minimum absolute atomic E-state index is 0.182. The maximum Gasteiger partial charge on any atom is 0.407 e. The van der Waals surface area contributed by atoms with E-state index in [0.717, 1.165) is 17.3 Å². The van der Waals surface area contributed by atoms with Crippen molar-refractivity contribution in [2.24, 2.45) is 5.92 Å². The summed E-state index contributed by atoms with van der Waals surface area (Å²) in [6.45, 7) is 1.84. The summed E-state index contributed by atoms with van der Waals surface area (Å²) in [5.41, 5.74) is 0. The number of hydrogen-bond acceptors (Lipinski definition) is 4. The SMILES string of the molecule is O=C(O)N1CCCC(CNc2nc(Cl)ncc2Br)C1. The molecule has 1 amide bonds. The molecular formula is C11H14BrClN4O2. The van der Waals surface area contributed by atoms with E-state index in [2.05, 4.69) is 31.2 Å². The minimum Gasteiger partial charge on any atom is -0.465 e. The van der Waals surface area contributed by atoms with Gasteiger partial charge in [0.1, 0.15) is 5.82 Å². The molecule has 1 aliphatic heterocycles. The van der Waals surface area contributed by atoms with Crippen molar-refractivity contribution in [3.8, 4) is 0 Å². The molecule has 8 heteroatoms. The molecule has 6 nitrogen and oxygen atoms in total. The van der Waals surface area contributed by atoms with Crippen LogP contribution in [0.5, 0.6) is 0 Å². The van der Waals surface area contributed by atoms with E-state index >= 15 is 0 Å². The van der Waals surface area contributed by atoms with E-state index in [1.54, 1.807) is 6.20 Å². The molecule has 104 valence electrons. The van der Waals surface area contributed by atoms with Crippen LogP contribution in [0.4, 0.5) is 10.6 Å². The molecule has 1 aromatic heterocycles. The van der Waals surface area contributed by atoms with Gasteiger partial charge >= 0.3 is 6.09 Å². The van der Waals surface area contributed by atoms with Crippen LogP contribution in [0.25, 0.3) is 0 Å². The Balaban J connectivity index is 1.91. The van der Waals surface area contributed by atoms with E-state index in [-0.39, 0.29) is 11.2 Å². The summed E-state index contributed by atoms with van der Waals surface area (Å²) in [5, 5.41) is 12.3. The first-order valence-corrected chi connectivity index (χ1v) is 7.13. The van der Waals surface area contributed by atoms with Crippen LogP contribution in [0.2, 0.25) is 5.28 Å². The van der Waals surface area contributed by atoms with Gasteiger partial charge in [-0.2, -0.15) is 4.98 Å². The van der Waals surface area contributed by atoms with Crippen molar-refractivity contribution >= 4 is 39.4 Å². The predicted molar refractivity (Wildman–Crippen MR) is 75.6 cm³/mol. The summed E-state index contributed by atoms with van der Waals surface area (Å²) in [5.74, 6) is 0.915. The lowest BCUT2D eigenvalue weighted by molar-refractivity contribution is 0.122. The van der Waals surface area contributed by atoms with Gasteiger partial charge in [-0.3, -0.25) is 0 Å². The second-order valence-corrected chi connectivity index (χ2v) is 5.65. The van der Waals surface area contributed by atoms with Crippen molar-refractivity contribution in [3.63, 3.8) is 0 Å². The molecule has 1 aliphatic rings. The van der Waals surface area contributed by atoms with Gasteiger partial charge in [0.2, 0.25) is 5.28 Å². The number of amides is 1. The number of nitrogens with one attached hydrogen (secondary N) is 1. The normalized spacial score (nSPS) is 19.3. The van der Waals surface area contributed by atoms with Crippen molar-refractivity contribution in [1.82, 2.24) is 14.9 Å². The standard InChI is InChI=1S/C11H14BrClN4O2/c12-8-5-15-10(13)16-9(8)14-4-7-2-1-3-17(6-7)11(18)19/h5,7H,1-4,6H2,(H,18,19)(H,14,15,16). The van der Waals surface area contributed by atoms with Gasteiger partial charge in [0.15, 0.2) is 0 Å². The Kier molecular flexibility index (Phi) is 4.81. The quantitative estimate of drug-likeness (QED) is 0.820. The van der Waals surface area contributed by atoms with Gasteiger partial charge in [-0.15, -0.1) is 0 Å². The number of halogens is 2. The zero-order chi connectivity index (χ0) is 13.8. The molecule has 0 aromatic carbocycles. The first kappa shape index (κ1) is 14.3. The van der Waals surface area contributed by atoms with Gasteiger partial charge in [0.05, 0.1) is 4.47 Å². The van der Waals surface area contributed by atoms with Crippen molar-refractivity contribution in [2.45, 2.75) is 12.8 Å². The molecule has 1 fully saturated rings. The van der Waals surface area contributed by atoms with Crippen molar-refractivity contribution in [2.75, 3.05) is 25.0 Å². The number of aromatic nitrogens is 2. The molecule has 0 aliphatic carbocycles. The summed E-state index contributed by atoms with van der Waals surface area (Å²) in [6.07, 6.45) is 2.63. The highest BCUT2D eigenvalue weighted by molar-refractivity contribution is 9.10. The number of hydrogen-bond donors (Lipinski definition) is 2. The molecule has 1 unspecified atom stereocenters. The Morgan fingerprint density at radius 2 is 2.47 bits per heavy atom. The largest absolute Gasteiger partial charge is 0.465 e. The second kappa shape index (κ2) is 6.38. The summed E-state index contributed by atoms with van der Waals surface area (Å²) >= 11 is 9.07. The van der Waals surface area contributed by atoms with Gasteiger partial charge in [-0.1, -0.05) is 0 Å². The van der Waals surface area contributed by atoms with Crippen LogP contribution in [0.15, 0.2) is 10.7 Å². The predicted octanol–water partition coefficient (Wildman–Crippen LogP) is 2.69. The van der Waals surface area contributed by atoms with E-state index in [0.29, 0.717) is 25.5 Å². The fourth-order valence-corrected chi connectivity index (χ4v) is 2.58. The maximum absolute atomic E-state index is 10.9. The molecule has 19 heavy (non-hydrogen) atoms. The third-order valence-corrected chi connectivity index (χ3v) is 3.82. The Hall–Kier alpha value is -1.08. The lowest BCUT2D eigenvalue weighted by Crippen LogP contribution is -2.41. The molecule has 0 radical (unpaired) electrons. The number of carboxylic acid groups (broad SMARTS) is 1. The van der Waals surface area contributed by atoms with Crippen molar-refractivity contribution in [1.29, 1.82) is 0 Å². The fraction of sp³-hybridized carbons (Fsp3) is 0.545. The van der Waals surface area contributed by atoms with Crippen LogP contribution < -0.4 is 5.32 Å². The van der Waals surface area contributed by atoms with Gasteiger partial charge in [-0.05, 0) is 46.3 Å². The average molecular weight is 350 g/mol. The monoisotopic (exact) mass is 348 g/mol. The van der Waals surface area contributed by atoms with E-state index in [1.807, 2.05) is 0 Å². The Bertz CT molecular complexity index is 474. The fourth-order valence-electron chi connectivity index (χ4n) is 2.12.